The van der Waals surface area contributed by atoms with Gasteiger partial charge in [0.05, 0.1) is 25.4 Å². The van der Waals surface area contributed by atoms with Gasteiger partial charge in [-0.15, -0.1) is 0 Å². The molecule has 1 saturated heterocycles. The normalized spacial score (nSPS) is 28.0. The molecule has 1 fully saturated rings. The van der Waals surface area contributed by atoms with E-state index in [4.69, 9.17) is 15.2 Å². The molecule has 0 aromatic heterocycles. The lowest BCUT2D eigenvalue weighted by molar-refractivity contribution is -0.302. The smallest absolute Gasteiger partial charge is 0.186 e. The summed E-state index contributed by atoms with van der Waals surface area (Å²) in [7, 11) is 0. The van der Waals surface area contributed by atoms with Crippen LogP contribution in [0.1, 0.15) is 96.8 Å². The Kier molecular flexibility index (Phi) is 16.8. The first-order valence-corrected chi connectivity index (χ1v) is 12.8. The highest BCUT2D eigenvalue weighted by Crippen LogP contribution is 2.22. The van der Waals surface area contributed by atoms with Crippen molar-refractivity contribution in [3.63, 3.8) is 0 Å². The molecule has 0 bridgehead atoms. The minimum absolute atomic E-state index is 0.0672. The maximum absolute atomic E-state index is 10.2. The summed E-state index contributed by atoms with van der Waals surface area (Å²) < 4.78 is 10.7. The fourth-order valence-corrected chi connectivity index (χ4v) is 4.11. The molecule has 1 rings (SSSR count). The largest absolute Gasteiger partial charge is 0.394 e. The van der Waals surface area contributed by atoms with Gasteiger partial charge in [0.2, 0.25) is 0 Å². The Morgan fingerprint density at radius 3 is 1.78 bits per heavy atom. The van der Waals surface area contributed by atoms with E-state index in [1.165, 1.54) is 70.6 Å². The zero-order valence-electron chi connectivity index (χ0n) is 20.0. The van der Waals surface area contributed by atoms with Crippen LogP contribution in [0.2, 0.25) is 0 Å². The fourth-order valence-electron chi connectivity index (χ4n) is 4.11. The van der Waals surface area contributed by atoms with Crippen molar-refractivity contribution < 1.29 is 35.0 Å². The highest BCUT2D eigenvalue weighted by molar-refractivity contribution is 4.89. The van der Waals surface area contributed by atoms with Crippen molar-refractivity contribution in [2.24, 2.45) is 5.73 Å². The number of hydrogen-bond donors (Lipinski definition) is 6. The maximum atomic E-state index is 10.2. The first-order chi connectivity index (χ1) is 15.4. The molecule has 192 valence electrons. The van der Waals surface area contributed by atoms with Crippen LogP contribution in [-0.4, -0.2) is 81.6 Å². The summed E-state index contributed by atoms with van der Waals surface area (Å²) in [5.74, 6) is 0. The van der Waals surface area contributed by atoms with Crippen LogP contribution >= 0.6 is 0 Å². The summed E-state index contributed by atoms with van der Waals surface area (Å²) >= 11 is 0. The zero-order valence-corrected chi connectivity index (χ0v) is 20.0. The second-order valence-electron chi connectivity index (χ2n) is 9.29. The van der Waals surface area contributed by atoms with Gasteiger partial charge in [0.25, 0.3) is 0 Å². The molecule has 0 aliphatic carbocycles. The number of aliphatic hydroxyl groups is 5. The Morgan fingerprint density at radius 2 is 1.28 bits per heavy atom. The van der Waals surface area contributed by atoms with Crippen molar-refractivity contribution in [1.29, 1.82) is 0 Å². The molecule has 32 heavy (non-hydrogen) atoms. The van der Waals surface area contributed by atoms with Crippen LogP contribution in [0.3, 0.4) is 0 Å². The van der Waals surface area contributed by atoms with Crippen LogP contribution in [0.5, 0.6) is 0 Å². The molecule has 1 aliphatic heterocycles. The van der Waals surface area contributed by atoms with Crippen molar-refractivity contribution in [1.82, 2.24) is 0 Å². The standard InChI is InChI=1S/C24H49NO7/c1-2-3-4-5-6-7-8-9-10-11-12-13-14-15-19(27)18(25)17-31-24-23(30)22(29)21(28)20(16-26)32-24/h18-24,26-30H,2-17,25H2,1H3. The van der Waals surface area contributed by atoms with E-state index in [0.717, 1.165) is 12.8 Å². The van der Waals surface area contributed by atoms with Gasteiger partial charge in [0.15, 0.2) is 6.29 Å². The van der Waals surface area contributed by atoms with Crippen molar-refractivity contribution >= 4 is 0 Å². The molecular weight excluding hydrogens is 414 g/mol. The number of ether oxygens (including phenoxy) is 2. The predicted octanol–water partition coefficient (Wildman–Crippen LogP) is 1.97. The van der Waals surface area contributed by atoms with Crippen LogP contribution < -0.4 is 5.73 Å². The van der Waals surface area contributed by atoms with Gasteiger partial charge >= 0.3 is 0 Å². The number of rotatable bonds is 19. The van der Waals surface area contributed by atoms with E-state index < -0.39 is 49.5 Å². The fraction of sp³-hybridized carbons (Fsp3) is 1.00. The van der Waals surface area contributed by atoms with Crippen LogP contribution in [-0.2, 0) is 9.47 Å². The summed E-state index contributed by atoms with van der Waals surface area (Å²) in [6.07, 6.45) is 9.70. The molecule has 0 aromatic rings. The average molecular weight is 464 g/mol. The number of unbranched alkanes of at least 4 members (excludes halogenated alkanes) is 12. The van der Waals surface area contributed by atoms with Gasteiger partial charge in [-0.25, -0.2) is 0 Å². The molecule has 0 aromatic carbocycles. The van der Waals surface area contributed by atoms with Crippen LogP contribution in [0.15, 0.2) is 0 Å². The number of aliphatic hydroxyl groups excluding tert-OH is 5. The molecule has 7 N–H and O–H groups in total. The van der Waals surface area contributed by atoms with Gasteiger partial charge < -0.3 is 40.7 Å². The summed E-state index contributed by atoms with van der Waals surface area (Å²) in [4.78, 5) is 0. The van der Waals surface area contributed by atoms with Crippen molar-refractivity contribution in [3.8, 4) is 0 Å². The summed E-state index contributed by atoms with van der Waals surface area (Å²) in [6, 6.07) is -0.653. The van der Waals surface area contributed by atoms with Gasteiger partial charge in [0, 0.05) is 0 Å². The third-order valence-electron chi connectivity index (χ3n) is 6.40. The lowest BCUT2D eigenvalue weighted by Gasteiger charge is -2.40. The van der Waals surface area contributed by atoms with E-state index in [1.807, 2.05) is 0 Å². The second-order valence-corrected chi connectivity index (χ2v) is 9.29. The molecular formula is C24H49NO7. The molecule has 1 aliphatic rings. The van der Waals surface area contributed by atoms with Crippen LogP contribution in [0.4, 0.5) is 0 Å². The zero-order chi connectivity index (χ0) is 23.8. The highest BCUT2D eigenvalue weighted by atomic mass is 16.7. The van der Waals surface area contributed by atoms with E-state index in [2.05, 4.69) is 6.92 Å². The Balaban J connectivity index is 2.03. The first kappa shape index (κ1) is 29.7. The molecule has 7 atom stereocenters. The molecule has 0 amide bonds. The van der Waals surface area contributed by atoms with E-state index in [-0.39, 0.29) is 6.61 Å². The summed E-state index contributed by atoms with van der Waals surface area (Å²) in [5.41, 5.74) is 5.98. The molecule has 8 nitrogen and oxygen atoms in total. The van der Waals surface area contributed by atoms with E-state index in [9.17, 15) is 25.5 Å². The molecule has 8 heteroatoms. The number of nitrogens with two attached hydrogens (primary N) is 1. The Hall–Kier alpha value is -0.320. The van der Waals surface area contributed by atoms with Gasteiger partial charge in [-0.3, -0.25) is 0 Å². The van der Waals surface area contributed by atoms with Crippen LogP contribution in [0, 0.1) is 0 Å². The predicted molar refractivity (Wildman–Crippen MR) is 124 cm³/mol. The Labute approximate surface area is 194 Å². The van der Waals surface area contributed by atoms with Gasteiger partial charge in [-0.1, -0.05) is 90.4 Å². The second kappa shape index (κ2) is 18.1. The lowest BCUT2D eigenvalue weighted by Crippen LogP contribution is -2.59. The lowest BCUT2D eigenvalue weighted by atomic mass is 9.99. The SMILES string of the molecule is CCCCCCCCCCCCCCCC(O)C(N)COC1OC(CO)C(O)C(O)C1O. The van der Waals surface area contributed by atoms with Crippen molar-refractivity contribution in [2.45, 2.75) is 140 Å². The van der Waals surface area contributed by atoms with Crippen LogP contribution in [0.25, 0.3) is 0 Å². The van der Waals surface area contributed by atoms with Crippen molar-refractivity contribution in [2.75, 3.05) is 13.2 Å². The third kappa shape index (κ3) is 11.7. The molecule has 0 radical (unpaired) electrons. The minimum atomic E-state index is -1.49. The minimum Gasteiger partial charge on any atom is -0.394 e. The highest BCUT2D eigenvalue weighted by Gasteiger charge is 2.44. The topological polar surface area (TPSA) is 146 Å². The average Bonchev–Trinajstić information content (AvgIpc) is 2.79. The summed E-state index contributed by atoms with van der Waals surface area (Å²) in [5, 5.41) is 49.0. The maximum Gasteiger partial charge on any atom is 0.186 e. The summed E-state index contributed by atoms with van der Waals surface area (Å²) in [6.45, 7) is 1.67. The quantitative estimate of drug-likeness (QED) is 0.159. The number of hydrogen-bond acceptors (Lipinski definition) is 8. The molecule has 0 saturated carbocycles. The molecule has 7 unspecified atom stereocenters. The van der Waals surface area contributed by atoms with E-state index in [0.29, 0.717) is 6.42 Å². The molecule has 1 heterocycles. The Bertz CT molecular complexity index is 441. The van der Waals surface area contributed by atoms with Gasteiger partial charge in [0.1, 0.15) is 24.4 Å². The Morgan fingerprint density at radius 1 is 0.781 bits per heavy atom. The third-order valence-corrected chi connectivity index (χ3v) is 6.40. The van der Waals surface area contributed by atoms with Crippen molar-refractivity contribution in [3.05, 3.63) is 0 Å². The van der Waals surface area contributed by atoms with Gasteiger partial charge in [-0.05, 0) is 6.42 Å². The molecule has 0 spiro atoms. The van der Waals surface area contributed by atoms with E-state index >= 15 is 0 Å². The van der Waals surface area contributed by atoms with Gasteiger partial charge in [-0.2, -0.15) is 0 Å². The van der Waals surface area contributed by atoms with E-state index in [1.54, 1.807) is 0 Å². The monoisotopic (exact) mass is 463 g/mol. The first-order valence-electron chi connectivity index (χ1n) is 12.8.